The van der Waals surface area contributed by atoms with Crippen molar-refractivity contribution in [2.24, 2.45) is 0 Å². The van der Waals surface area contributed by atoms with Gasteiger partial charge in [-0.3, -0.25) is 4.90 Å². The van der Waals surface area contributed by atoms with Crippen molar-refractivity contribution in [3.63, 3.8) is 0 Å². The summed E-state index contributed by atoms with van der Waals surface area (Å²) in [6.45, 7) is 4.76. The van der Waals surface area contributed by atoms with Gasteiger partial charge in [-0.1, -0.05) is 0 Å². The molecule has 0 saturated carbocycles. The first-order valence-corrected chi connectivity index (χ1v) is 3.92. The molecule has 2 nitrogen and oxygen atoms in total. The minimum atomic E-state index is 0.299. The molecule has 60 valence electrons. The molecular formula is C8H17NO. The van der Waals surface area contributed by atoms with Gasteiger partial charge in [-0.15, -0.1) is 0 Å². The highest BCUT2D eigenvalue weighted by Gasteiger charge is 2.35. The molecule has 10 heavy (non-hydrogen) atoms. The molecule has 0 aromatic carbocycles. The van der Waals surface area contributed by atoms with E-state index in [4.69, 9.17) is 5.11 Å². The molecule has 0 unspecified atom stereocenters. The third-order valence-corrected chi connectivity index (χ3v) is 2.80. The predicted octanol–water partition coefficient (Wildman–Crippen LogP) is 0.851. The molecule has 1 aliphatic rings. The number of hydrogen-bond acceptors (Lipinski definition) is 2. The van der Waals surface area contributed by atoms with Crippen molar-refractivity contribution >= 4 is 0 Å². The molecule has 0 aliphatic carbocycles. The SMILES string of the molecule is CN1[C@H](CO)CCC1(C)C. The monoisotopic (exact) mass is 143 g/mol. The Bertz CT molecular complexity index is 122. The van der Waals surface area contributed by atoms with Crippen molar-refractivity contribution in [1.82, 2.24) is 4.90 Å². The highest BCUT2D eigenvalue weighted by molar-refractivity contribution is 4.91. The van der Waals surface area contributed by atoms with E-state index in [0.717, 1.165) is 6.42 Å². The molecule has 1 saturated heterocycles. The molecule has 1 rings (SSSR count). The zero-order valence-electron chi connectivity index (χ0n) is 7.09. The van der Waals surface area contributed by atoms with Gasteiger partial charge in [0.25, 0.3) is 0 Å². The quantitative estimate of drug-likeness (QED) is 0.588. The van der Waals surface area contributed by atoms with Crippen molar-refractivity contribution in [1.29, 1.82) is 0 Å². The Balaban J connectivity index is 2.58. The molecule has 0 bridgehead atoms. The number of hydrogen-bond donors (Lipinski definition) is 1. The summed E-state index contributed by atoms with van der Waals surface area (Å²) in [6, 6.07) is 0.398. The summed E-state index contributed by atoms with van der Waals surface area (Å²) in [5.41, 5.74) is 0.299. The van der Waals surface area contributed by atoms with Gasteiger partial charge in [0.15, 0.2) is 0 Å². The van der Waals surface area contributed by atoms with Crippen molar-refractivity contribution in [3.05, 3.63) is 0 Å². The lowest BCUT2D eigenvalue weighted by molar-refractivity contribution is 0.118. The van der Waals surface area contributed by atoms with Gasteiger partial charge in [0.2, 0.25) is 0 Å². The van der Waals surface area contributed by atoms with Crippen LogP contribution in [-0.2, 0) is 0 Å². The smallest absolute Gasteiger partial charge is 0.0586 e. The zero-order valence-corrected chi connectivity index (χ0v) is 7.09. The van der Waals surface area contributed by atoms with Crippen LogP contribution >= 0.6 is 0 Å². The number of rotatable bonds is 1. The minimum Gasteiger partial charge on any atom is -0.395 e. The van der Waals surface area contributed by atoms with Crippen LogP contribution in [0.15, 0.2) is 0 Å². The largest absolute Gasteiger partial charge is 0.395 e. The normalized spacial score (nSPS) is 33.0. The van der Waals surface area contributed by atoms with E-state index in [1.807, 2.05) is 0 Å². The van der Waals surface area contributed by atoms with Crippen LogP contribution in [0.3, 0.4) is 0 Å². The lowest BCUT2D eigenvalue weighted by Crippen LogP contribution is -2.40. The Hall–Kier alpha value is -0.0800. The van der Waals surface area contributed by atoms with Crippen LogP contribution in [0.2, 0.25) is 0 Å². The first kappa shape index (κ1) is 8.02. The zero-order chi connectivity index (χ0) is 7.78. The van der Waals surface area contributed by atoms with E-state index in [-0.39, 0.29) is 0 Å². The average Bonchev–Trinajstić information content (AvgIpc) is 2.10. The fourth-order valence-corrected chi connectivity index (χ4v) is 1.60. The Kier molecular flexibility index (Phi) is 2.02. The van der Waals surface area contributed by atoms with E-state index in [1.54, 1.807) is 0 Å². The third-order valence-electron chi connectivity index (χ3n) is 2.80. The molecule has 1 aliphatic heterocycles. The molecule has 0 radical (unpaired) electrons. The van der Waals surface area contributed by atoms with Gasteiger partial charge in [-0.05, 0) is 33.7 Å². The van der Waals surface area contributed by atoms with E-state index in [2.05, 4.69) is 25.8 Å². The lowest BCUT2D eigenvalue weighted by atomic mass is 10.0. The Morgan fingerprint density at radius 3 is 2.40 bits per heavy atom. The predicted molar refractivity (Wildman–Crippen MR) is 41.9 cm³/mol. The van der Waals surface area contributed by atoms with E-state index in [9.17, 15) is 0 Å². The second-order valence-electron chi connectivity index (χ2n) is 3.80. The van der Waals surface area contributed by atoms with Crippen molar-refractivity contribution in [2.75, 3.05) is 13.7 Å². The van der Waals surface area contributed by atoms with E-state index in [0.29, 0.717) is 18.2 Å². The maximum atomic E-state index is 8.93. The Morgan fingerprint density at radius 2 is 2.20 bits per heavy atom. The summed E-state index contributed by atoms with van der Waals surface area (Å²) in [4.78, 5) is 2.27. The molecule has 1 N–H and O–H groups in total. The molecule has 0 aromatic heterocycles. The van der Waals surface area contributed by atoms with Crippen LogP contribution in [0.4, 0.5) is 0 Å². The number of likely N-dealkylation sites (tertiary alicyclic amines) is 1. The summed E-state index contributed by atoms with van der Waals surface area (Å²) in [5.74, 6) is 0. The summed E-state index contributed by atoms with van der Waals surface area (Å²) >= 11 is 0. The molecule has 1 heterocycles. The van der Waals surface area contributed by atoms with Gasteiger partial charge in [-0.25, -0.2) is 0 Å². The molecule has 0 aromatic rings. The molecule has 2 heteroatoms. The van der Waals surface area contributed by atoms with Crippen LogP contribution < -0.4 is 0 Å². The minimum absolute atomic E-state index is 0.299. The average molecular weight is 143 g/mol. The highest BCUT2D eigenvalue weighted by Crippen LogP contribution is 2.30. The van der Waals surface area contributed by atoms with Crippen molar-refractivity contribution in [2.45, 2.75) is 38.3 Å². The van der Waals surface area contributed by atoms with Crippen molar-refractivity contribution < 1.29 is 5.11 Å². The fourth-order valence-electron chi connectivity index (χ4n) is 1.60. The van der Waals surface area contributed by atoms with Gasteiger partial charge < -0.3 is 5.11 Å². The second-order valence-corrected chi connectivity index (χ2v) is 3.80. The van der Waals surface area contributed by atoms with Crippen LogP contribution in [0, 0.1) is 0 Å². The van der Waals surface area contributed by atoms with E-state index < -0.39 is 0 Å². The van der Waals surface area contributed by atoms with Crippen LogP contribution in [-0.4, -0.2) is 35.2 Å². The fraction of sp³-hybridized carbons (Fsp3) is 1.00. The van der Waals surface area contributed by atoms with Crippen LogP contribution in [0.25, 0.3) is 0 Å². The van der Waals surface area contributed by atoms with Gasteiger partial charge >= 0.3 is 0 Å². The number of aliphatic hydroxyl groups excluding tert-OH is 1. The highest BCUT2D eigenvalue weighted by atomic mass is 16.3. The molecule has 1 atom stereocenters. The lowest BCUT2D eigenvalue weighted by Gasteiger charge is -2.30. The molecular weight excluding hydrogens is 126 g/mol. The Morgan fingerprint density at radius 1 is 1.60 bits per heavy atom. The van der Waals surface area contributed by atoms with Crippen LogP contribution in [0.5, 0.6) is 0 Å². The van der Waals surface area contributed by atoms with Gasteiger partial charge in [0.05, 0.1) is 6.61 Å². The molecule has 0 amide bonds. The van der Waals surface area contributed by atoms with Crippen LogP contribution in [0.1, 0.15) is 26.7 Å². The maximum Gasteiger partial charge on any atom is 0.0586 e. The summed E-state index contributed by atoms with van der Waals surface area (Å²) in [5, 5.41) is 8.93. The van der Waals surface area contributed by atoms with E-state index >= 15 is 0 Å². The molecule has 1 fully saturated rings. The van der Waals surface area contributed by atoms with Gasteiger partial charge in [0.1, 0.15) is 0 Å². The van der Waals surface area contributed by atoms with E-state index in [1.165, 1.54) is 6.42 Å². The molecule has 0 spiro atoms. The van der Waals surface area contributed by atoms with Crippen molar-refractivity contribution in [3.8, 4) is 0 Å². The topological polar surface area (TPSA) is 23.5 Å². The number of likely N-dealkylation sites (N-methyl/N-ethyl adjacent to an activating group) is 1. The number of nitrogens with zero attached hydrogens (tertiary/aromatic N) is 1. The second kappa shape index (κ2) is 2.51. The number of aliphatic hydroxyl groups is 1. The summed E-state index contributed by atoms with van der Waals surface area (Å²) in [7, 11) is 2.09. The van der Waals surface area contributed by atoms with Gasteiger partial charge in [-0.2, -0.15) is 0 Å². The first-order chi connectivity index (χ1) is 4.58. The summed E-state index contributed by atoms with van der Waals surface area (Å²) in [6.07, 6.45) is 2.34. The Labute approximate surface area is 62.8 Å². The third kappa shape index (κ3) is 1.18. The first-order valence-electron chi connectivity index (χ1n) is 3.92. The van der Waals surface area contributed by atoms with Gasteiger partial charge in [0, 0.05) is 11.6 Å². The summed E-state index contributed by atoms with van der Waals surface area (Å²) < 4.78 is 0. The standard InChI is InChI=1S/C8H17NO/c1-8(2)5-4-7(6-10)9(8)3/h7,10H,4-6H2,1-3H3/t7-/m0/s1. The maximum absolute atomic E-state index is 8.93.